The molecule has 4 atom stereocenters. The molecule has 280 valence electrons. The Bertz CT molecular complexity index is 2510. The molecule has 0 aromatic heterocycles. The van der Waals surface area contributed by atoms with Gasteiger partial charge in [0.05, 0.1) is 15.4 Å². The van der Waals surface area contributed by atoms with E-state index in [1.54, 1.807) is 72.8 Å². The van der Waals surface area contributed by atoms with Gasteiger partial charge in [0.2, 0.25) is 9.84 Å². The minimum atomic E-state index is -3.80. The molecular formula is C47H38O8S. The molecule has 6 aromatic rings. The summed E-state index contributed by atoms with van der Waals surface area (Å²) >= 11 is 0. The minimum Gasteiger partial charge on any atom is -0.508 e. The molecule has 1 N–H and O–H groups in total. The molecule has 0 spiro atoms. The van der Waals surface area contributed by atoms with Crippen molar-refractivity contribution in [1.82, 2.24) is 0 Å². The number of hydrogen-bond acceptors (Lipinski definition) is 8. The van der Waals surface area contributed by atoms with Crippen molar-refractivity contribution in [2.75, 3.05) is 0 Å². The maximum Gasteiger partial charge on any atom is 0.343 e. The average Bonchev–Trinajstić information content (AvgIpc) is 3.61. The Kier molecular flexibility index (Phi) is 8.77. The van der Waals surface area contributed by atoms with Crippen molar-refractivity contribution in [1.29, 1.82) is 0 Å². The molecule has 0 amide bonds. The largest absolute Gasteiger partial charge is 0.508 e. The summed E-state index contributed by atoms with van der Waals surface area (Å²) in [5.41, 5.74) is 3.84. The average molecular weight is 763 g/mol. The molecular weight excluding hydrogens is 725 g/mol. The van der Waals surface area contributed by atoms with E-state index >= 15 is 0 Å². The number of hydrogen-bond donors (Lipinski definition) is 1. The van der Waals surface area contributed by atoms with Crippen molar-refractivity contribution in [2.45, 2.75) is 52.7 Å². The van der Waals surface area contributed by atoms with Gasteiger partial charge in [-0.25, -0.2) is 13.2 Å². The second-order valence-corrected chi connectivity index (χ2v) is 17.3. The summed E-state index contributed by atoms with van der Waals surface area (Å²) in [7, 11) is -3.80. The molecule has 0 aliphatic heterocycles. The third-order valence-corrected chi connectivity index (χ3v) is 13.8. The molecule has 4 fully saturated rings. The zero-order valence-electron chi connectivity index (χ0n) is 30.3. The van der Waals surface area contributed by atoms with Crippen molar-refractivity contribution < 1.29 is 37.3 Å². The van der Waals surface area contributed by atoms with E-state index < -0.39 is 15.8 Å². The molecule has 0 heterocycles. The van der Waals surface area contributed by atoms with Crippen molar-refractivity contribution in [2.24, 2.45) is 11.8 Å². The fourth-order valence-electron chi connectivity index (χ4n) is 9.58. The maximum atomic E-state index is 13.3. The van der Waals surface area contributed by atoms with E-state index in [0.29, 0.717) is 57.5 Å². The van der Waals surface area contributed by atoms with Crippen LogP contribution in [0.1, 0.15) is 63.9 Å². The van der Waals surface area contributed by atoms with Crippen LogP contribution in [0.25, 0.3) is 0 Å². The van der Waals surface area contributed by atoms with Gasteiger partial charge in [-0.15, -0.1) is 0 Å². The number of sulfone groups is 1. The fraction of sp³-hybridized carbons (Fsp3) is 0.191. The number of benzene rings is 6. The first-order chi connectivity index (χ1) is 27.1. The number of aldehydes is 1. The molecule has 4 unspecified atom stereocenters. The topological polar surface area (TPSA) is 116 Å². The van der Waals surface area contributed by atoms with Crippen LogP contribution in [0.15, 0.2) is 155 Å². The van der Waals surface area contributed by atoms with Gasteiger partial charge in [-0.05, 0) is 187 Å². The number of carbonyl (C=O) groups excluding carboxylic acids is 2. The Morgan fingerprint density at radius 3 is 1.66 bits per heavy atom. The third-order valence-electron chi connectivity index (χ3n) is 12.0. The SMILES string of the molecule is O=Cc1ccc(Oc2ccc(S(=O)(=O)c3ccc(Oc4ccc(C(=O)Oc5ccc(C67CC8CC6CC(c6ccc(O)cc6)(C8)C7)cc5)cc4)cc3)cc2)cc1. The van der Waals surface area contributed by atoms with Gasteiger partial charge < -0.3 is 19.3 Å². The highest BCUT2D eigenvalue weighted by atomic mass is 32.2. The first kappa shape index (κ1) is 35.5. The summed E-state index contributed by atoms with van der Waals surface area (Å²) in [6, 6.07) is 41.3. The van der Waals surface area contributed by atoms with Crippen LogP contribution in [0.5, 0.6) is 34.5 Å². The van der Waals surface area contributed by atoms with Gasteiger partial charge in [0.25, 0.3) is 0 Å². The first-order valence-electron chi connectivity index (χ1n) is 18.7. The van der Waals surface area contributed by atoms with Gasteiger partial charge in [0.1, 0.15) is 40.8 Å². The van der Waals surface area contributed by atoms with Crippen LogP contribution >= 0.6 is 0 Å². The molecule has 4 aliphatic rings. The van der Waals surface area contributed by atoms with E-state index in [9.17, 15) is 23.1 Å². The van der Waals surface area contributed by atoms with Crippen molar-refractivity contribution >= 4 is 22.1 Å². The van der Waals surface area contributed by atoms with Crippen LogP contribution in [0.4, 0.5) is 0 Å². The van der Waals surface area contributed by atoms with Gasteiger partial charge in [-0.3, -0.25) is 4.79 Å². The lowest BCUT2D eigenvalue weighted by atomic mass is 9.62. The molecule has 9 heteroatoms. The lowest BCUT2D eigenvalue weighted by Crippen LogP contribution is -2.35. The minimum absolute atomic E-state index is 0.106. The lowest BCUT2D eigenvalue weighted by molar-refractivity contribution is 0.0734. The predicted molar refractivity (Wildman–Crippen MR) is 210 cm³/mol. The van der Waals surface area contributed by atoms with Crippen LogP contribution in [0.3, 0.4) is 0 Å². The number of aromatic hydroxyl groups is 1. The molecule has 4 saturated carbocycles. The van der Waals surface area contributed by atoms with Crippen LogP contribution in [0, 0.1) is 11.8 Å². The molecule has 4 aliphatic carbocycles. The monoisotopic (exact) mass is 762 g/mol. The van der Waals surface area contributed by atoms with E-state index in [1.165, 1.54) is 61.1 Å². The van der Waals surface area contributed by atoms with Crippen molar-refractivity contribution in [3.63, 3.8) is 0 Å². The molecule has 6 aromatic carbocycles. The maximum absolute atomic E-state index is 13.3. The Hall–Kier alpha value is -6.19. The number of phenolic OH excluding ortho intramolecular Hbond substituents is 1. The van der Waals surface area contributed by atoms with Crippen molar-refractivity contribution in [3.8, 4) is 34.5 Å². The molecule has 8 nitrogen and oxygen atoms in total. The Morgan fingerprint density at radius 2 is 1.11 bits per heavy atom. The summed E-state index contributed by atoms with van der Waals surface area (Å²) < 4.78 is 44.1. The second kappa shape index (κ2) is 13.8. The van der Waals surface area contributed by atoms with Crippen molar-refractivity contribution in [3.05, 3.63) is 168 Å². The summed E-state index contributed by atoms with van der Waals surface area (Å²) in [6.07, 6.45) is 6.70. The van der Waals surface area contributed by atoms with E-state index in [4.69, 9.17) is 14.2 Å². The predicted octanol–water partition coefficient (Wildman–Crippen LogP) is 10.2. The zero-order valence-corrected chi connectivity index (χ0v) is 31.2. The Labute approximate surface area is 325 Å². The molecule has 0 radical (unpaired) electrons. The highest BCUT2D eigenvalue weighted by Gasteiger charge is 2.64. The van der Waals surface area contributed by atoms with Gasteiger partial charge in [0.15, 0.2) is 0 Å². The Balaban J connectivity index is 0.806. The molecule has 10 rings (SSSR count). The third kappa shape index (κ3) is 6.51. The Morgan fingerprint density at radius 1 is 0.607 bits per heavy atom. The zero-order chi connectivity index (χ0) is 38.5. The number of ether oxygens (including phenoxy) is 3. The van der Waals surface area contributed by atoms with E-state index in [0.717, 1.165) is 12.7 Å². The summed E-state index contributed by atoms with van der Waals surface area (Å²) in [5, 5.41) is 9.87. The smallest absolute Gasteiger partial charge is 0.343 e. The molecule has 56 heavy (non-hydrogen) atoms. The summed E-state index contributed by atoms with van der Waals surface area (Å²) in [6.45, 7) is 0. The van der Waals surface area contributed by atoms with E-state index in [-0.39, 0.29) is 20.6 Å². The van der Waals surface area contributed by atoms with Crippen LogP contribution in [-0.4, -0.2) is 25.8 Å². The summed E-state index contributed by atoms with van der Waals surface area (Å²) in [4.78, 5) is 24.2. The quantitative estimate of drug-likeness (QED) is 0.0788. The second-order valence-electron chi connectivity index (χ2n) is 15.3. The lowest BCUT2D eigenvalue weighted by Gasteiger charge is -2.41. The normalized spacial score (nSPS) is 22.1. The van der Waals surface area contributed by atoms with Crippen LogP contribution < -0.4 is 14.2 Å². The fourth-order valence-corrected chi connectivity index (χ4v) is 10.8. The number of esters is 1. The van der Waals surface area contributed by atoms with Gasteiger partial charge in [-0.2, -0.15) is 0 Å². The highest BCUT2D eigenvalue weighted by Crippen LogP contribution is 2.71. The number of phenols is 1. The van der Waals surface area contributed by atoms with Gasteiger partial charge in [0, 0.05) is 5.56 Å². The van der Waals surface area contributed by atoms with Crippen LogP contribution in [0.2, 0.25) is 0 Å². The van der Waals surface area contributed by atoms with Gasteiger partial charge in [-0.1, -0.05) is 24.3 Å². The molecule has 0 saturated heterocycles. The number of carbonyl (C=O) groups is 2. The van der Waals surface area contributed by atoms with Crippen LogP contribution in [-0.2, 0) is 20.7 Å². The highest BCUT2D eigenvalue weighted by molar-refractivity contribution is 7.91. The van der Waals surface area contributed by atoms with E-state index in [2.05, 4.69) is 24.3 Å². The molecule has 4 bridgehead atoms. The summed E-state index contributed by atoms with van der Waals surface area (Å²) in [5.74, 6) is 3.54. The van der Waals surface area contributed by atoms with E-state index in [1.807, 2.05) is 24.3 Å². The number of rotatable bonds is 11. The van der Waals surface area contributed by atoms with Gasteiger partial charge >= 0.3 is 5.97 Å². The first-order valence-corrected chi connectivity index (χ1v) is 20.2. The standard InChI is InChI=1S/C47H38O8S/c48-29-31-1-11-38(12-2-31)53-40-17-21-43(22-18-40)56(51,52)44-23-19-41(20-24-44)54-39-13-3-33(4-14-39)45(50)55-42-15-7-35(8-16-42)47-27-32-25-36(47)28-46(26-32,30-47)34-5-9-37(49)10-6-34/h1-24,29,32,36,49H,25-28,30H2.